The Morgan fingerprint density at radius 3 is 3.15 bits per heavy atom. The van der Waals surface area contributed by atoms with E-state index in [0.29, 0.717) is 11.3 Å². The molecule has 7 nitrogen and oxygen atoms in total. The molecule has 0 bridgehead atoms. The zero-order valence-corrected chi connectivity index (χ0v) is 10.9. The van der Waals surface area contributed by atoms with Gasteiger partial charge in [-0.1, -0.05) is 0 Å². The standard InChI is InChI=1S/C13H14N4O3/c1-20-12-7-10(3-4-11(12)18)8-14-16-13(19)9-17-6-2-5-15-17/h2-8,18H,9H2,1H3,(H,16,19)/b14-8+. The first kappa shape index (κ1) is 13.6. The maximum atomic E-state index is 11.5. The molecule has 2 rings (SSSR count). The van der Waals surface area contributed by atoms with E-state index < -0.39 is 0 Å². The van der Waals surface area contributed by atoms with E-state index in [2.05, 4.69) is 15.6 Å². The molecular formula is C13H14N4O3. The maximum Gasteiger partial charge on any atom is 0.261 e. The van der Waals surface area contributed by atoms with E-state index in [4.69, 9.17) is 4.74 Å². The van der Waals surface area contributed by atoms with Gasteiger partial charge in [0.2, 0.25) is 0 Å². The fourth-order valence-electron chi connectivity index (χ4n) is 1.53. The van der Waals surface area contributed by atoms with Crippen molar-refractivity contribution in [2.75, 3.05) is 7.11 Å². The number of nitrogens with zero attached hydrogens (tertiary/aromatic N) is 3. The van der Waals surface area contributed by atoms with E-state index in [1.54, 1.807) is 30.6 Å². The number of aromatic nitrogens is 2. The second kappa shape index (κ2) is 6.37. The molecule has 104 valence electrons. The molecule has 7 heteroatoms. The minimum absolute atomic E-state index is 0.0485. The third-order valence-corrected chi connectivity index (χ3v) is 2.47. The Morgan fingerprint density at radius 2 is 2.45 bits per heavy atom. The zero-order valence-electron chi connectivity index (χ0n) is 10.9. The molecule has 0 aliphatic carbocycles. The molecule has 1 amide bonds. The predicted molar refractivity (Wildman–Crippen MR) is 72.6 cm³/mol. The molecule has 0 saturated heterocycles. The van der Waals surface area contributed by atoms with Gasteiger partial charge in [0.15, 0.2) is 11.5 Å². The van der Waals surface area contributed by atoms with Crippen LogP contribution in [-0.4, -0.2) is 34.1 Å². The van der Waals surface area contributed by atoms with Gasteiger partial charge < -0.3 is 9.84 Å². The van der Waals surface area contributed by atoms with Gasteiger partial charge in [0, 0.05) is 12.4 Å². The molecule has 20 heavy (non-hydrogen) atoms. The average Bonchev–Trinajstić information content (AvgIpc) is 2.93. The highest BCUT2D eigenvalue weighted by Crippen LogP contribution is 2.25. The smallest absolute Gasteiger partial charge is 0.261 e. The first-order valence-corrected chi connectivity index (χ1v) is 5.85. The van der Waals surface area contributed by atoms with E-state index in [1.807, 2.05) is 0 Å². The Balaban J connectivity index is 1.91. The summed E-state index contributed by atoms with van der Waals surface area (Å²) in [6.07, 6.45) is 4.75. The number of hydrazone groups is 1. The van der Waals surface area contributed by atoms with Gasteiger partial charge in [0.05, 0.1) is 13.3 Å². The van der Waals surface area contributed by atoms with Crippen LogP contribution in [0.3, 0.4) is 0 Å². The van der Waals surface area contributed by atoms with Crippen molar-refractivity contribution in [3.8, 4) is 11.5 Å². The number of nitrogens with one attached hydrogen (secondary N) is 1. The zero-order chi connectivity index (χ0) is 14.4. The molecule has 0 fully saturated rings. The lowest BCUT2D eigenvalue weighted by Gasteiger charge is -2.03. The summed E-state index contributed by atoms with van der Waals surface area (Å²) in [4.78, 5) is 11.5. The van der Waals surface area contributed by atoms with Crippen LogP contribution in [-0.2, 0) is 11.3 Å². The lowest BCUT2D eigenvalue weighted by molar-refractivity contribution is -0.121. The van der Waals surface area contributed by atoms with Gasteiger partial charge in [0.25, 0.3) is 5.91 Å². The summed E-state index contributed by atoms with van der Waals surface area (Å²) in [6.45, 7) is 0.100. The Bertz CT molecular complexity index is 608. The molecule has 2 aromatic rings. The monoisotopic (exact) mass is 274 g/mol. The number of rotatable bonds is 5. The summed E-state index contributed by atoms with van der Waals surface area (Å²) in [5.74, 6) is 0.111. The predicted octanol–water partition coefficient (Wildman–Crippen LogP) is 0.748. The van der Waals surface area contributed by atoms with Crippen molar-refractivity contribution < 1.29 is 14.6 Å². The summed E-state index contributed by atoms with van der Waals surface area (Å²) in [6, 6.07) is 6.49. The third-order valence-electron chi connectivity index (χ3n) is 2.47. The molecule has 0 aliphatic rings. The first-order valence-electron chi connectivity index (χ1n) is 5.85. The maximum absolute atomic E-state index is 11.5. The van der Waals surface area contributed by atoms with E-state index >= 15 is 0 Å². The lowest BCUT2D eigenvalue weighted by Crippen LogP contribution is -2.23. The molecule has 0 radical (unpaired) electrons. The third kappa shape index (κ3) is 3.58. The van der Waals surface area contributed by atoms with Gasteiger partial charge in [-0.2, -0.15) is 10.2 Å². The number of methoxy groups -OCH3 is 1. The number of benzene rings is 1. The van der Waals surface area contributed by atoms with Crippen molar-refractivity contribution in [1.82, 2.24) is 15.2 Å². The fraction of sp³-hybridized carbons (Fsp3) is 0.154. The highest BCUT2D eigenvalue weighted by molar-refractivity contribution is 5.83. The number of phenols is 1. The molecule has 0 atom stereocenters. The number of carbonyl (C=O) groups is 1. The van der Waals surface area contributed by atoms with E-state index in [0.717, 1.165) is 0 Å². The van der Waals surface area contributed by atoms with Crippen LogP contribution in [0.4, 0.5) is 0 Å². The van der Waals surface area contributed by atoms with Gasteiger partial charge in [-0.15, -0.1) is 0 Å². The van der Waals surface area contributed by atoms with Crippen molar-refractivity contribution in [2.45, 2.75) is 6.54 Å². The molecule has 0 aliphatic heterocycles. The van der Waals surface area contributed by atoms with Gasteiger partial charge in [-0.05, 0) is 29.8 Å². The van der Waals surface area contributed by atoms with Crippen LogP contribution < -0.4 is 10.2 Å². The average molecular weight is 274 g/mol. The quantitative estimate of drug-likeness (QED) is 0.622. The fourth-order valence-corrected chi connectivity index (χ4v) is 1.53. The number of hydrogen-bond donors (Lipinski definition) is 2. The second-order valence-corrected chi connectivity index (χ2v) is 3.93. The van der Waals surface area contributed by atoms with Crippen LogP contribution in [0.2, 0.25) is 0 Å². The van der Waals surface area contributed by atoms with E-state index in [1.165, 1.54) is 24.1 Å². The van der Waals surface area contributed by atoms with Crippen LogP contribution in [0.1, 0.15) is 5.56 Å². The van der Waals surface area contributed by atoms with Crippen LogP contribution in [0.15, 0.2) is 41.8 Å². The molecule has 1 heterocycles. The van der Waals surface area contributed by atoms with Gasteiger partial charge in [-0.25, -0.2) is 5.43 Å². The molecular weight excluding hydrogens is 260 g/mol. The van der Waals surface area contributed by atoms with Crippen LogP contribution >= 0.6 is 0 Å². The molecule has 0 spiro atoms. The topological polar surface area (TPSA) is 88.7 Å². The van der Waals surface area contributed by atoms with Crippen LogP contribution in [0.5, 0.6) is 11.5 Å². The summed E-state index contributed by atoms with van der Waals surface area (Å²) in [5.41, 5.74) is 3.08. The molecule has 0 unspecified atom stereocenters. The van der Waals surface area contributed by atoms with Crippen molar-refractivity contribution in [2.24, 2.45) is 5.10 Å². The van der Waals surface area contributed by atoms with Crippen molar-refractivity contribution in [3.63, 3.8) is 0 Å². The number of hydrogen-bond acceptors (Lipinski definition) is 5. The summed E-state index contributed by atoms with van der Waals surface area (Å²) >= 11 is 0. The summed E-state index contributed by atoms with van der Waals surface area (Å²) in [5, 5.41) is 17.2. The van der Waals surface area contributed by atoms with Crippen molar-refractivity contribution in [3.05, 3.63) is 42.2 Å². The summed E-state index contributed by atoms with van der Waals surface area (Å²) in [7, 11) is 1.46. The second-order valence-electron chi connectivity index (χ2n) is 3.93. The van der Waals surface area contributed by atoms with Gasteiger partial charge >= 0.3 is 0 Å². The summed E-state index contributed by atoms with van der Waals surface area (Å²) < 4.78 is 6.47. The van der Waals surface area contributed by atoms with Crippen molar-refractivity contribution in [1.29, 1.82) is 0 Å². The largest absolute Gasteiger partial charge is 0.504 e. The minimum Gasteiger partial charge on any atom is -0.504 e. The Morgan fingerprint density at radius 1 is 1.60 bits per heavy atom. The number of phenolic OH excluding ortho intramolecular Hbond substituents is 1. The Labute approximate surface area is 115 Å². The highest BCUT2D eigenvalue weighted by Gasteiger charge is 2.02. The van der Waals surface area contributed by atoms with E-state index in [9.17, 15) is 9.90 Å². The molecule has 1 aromatic carbocycles. The number of carbonyl (C=O) groups excluding carboxylic acids is 1. The lowest BCUT2D eigenvalue weighted by atomic mass is 10.2. The Kier molecular flexibility index (Phi) is 4.33. The molecule has 2 N–H and O–H groups in total. The number of ether oxygens (including phenoxy) is 1. The van der Waals surface area contributed by atoms with Gasteiger partial charge in [0.1, 0.15) is 6.54 Å². The number of amides is 1. The molecule has 1 aromatic heterocycles. The van der Waals surface area contributed by atoms with Gasteiger partial charge in [-0.3, -0.25) is 9.48 Å². The SMILES string of the molecule is COc1cc(/C=N/NC(=O)Cn2cccn2)ccc1O. The first-order chi connectivity index (χ1) is 9.69. The van der Waals surface area contributed by atoms with Crippen molar-refractivity contribution >= 4 is 12.1 Å². The van der Waals surface area contributed by atoms with E-state index in [-0.39, 0.29) is 18.2 Å². The Hall–Kier alpha value is -2.83. The molecule has 0 saturated carbocycles. The normalized spacial score (nSPS) is 10.7. The van der Waals surface area contributed by atoms with Crippen LogP contribution in [0.25, 0.3) is 0 Å². The number of aromatic hydroxyl groups is 1. The minimum atomic E-state index is -0.282. The highest BCUT2D eigenvalue weighted by atomic mass is 16.5. The van der Waals surface area contributed by atoms with Crippen LogP contribution in [0, 0.1) is 0 Å².